The fourth-order valence-corrected chi connectivity index (χ4v) is 2.67. The standard InChI is InChI=1S/C12H24N2O2/c1-3-12(4-2)5-7-14(8-6-12)10(9-13)11(15)16/h10H,3-9,13H2,1-2H3,(H,15,16). The van der Waals surface area contributed by atoms with Crippen molar-refractivity contribution in [1.29, 1.82) is 0 Å². The van der Waals surface area contributed by atoms with Gasteiger partial charge in [-0.2, -0.15) is 0 Å². The Labute approximate surface area is 97.8 Å². The summed E-state index contributed by atoms with van der Waals surface area (Å²) >= 11 is 0. The molecule has 1 aliphatic heterocycles. The molecule has 0 aromatic heterocycles. The van der Waals surface area contributed by atoms with Crippen LogP contribution < -0.4 is 5.73 Å². The lowest BCUT2D eigenvalue weighted by Gasteiger charge is -2.42. The van der Waals surface area contributed by atoms with Crippen LogP contribution in [0.25, 0.3) is 0 Å². The van der Waals surface area contributed by atoms with Crippen LogP contribution in [0.15, 0.2) is 0 Å². The third kappa shape index (κ3) is 2.74. The molecule has 0 bridgehead atoms. The van der Waals surface area contributed by atoms with E-state index in [4.69, 9.17) is 10.8 Å². The zero-order valence-corrected chi connectivity index (χ0v) is 10.4. The van der Waals surface area contributed by atoms with Crippen molar-refractivity contribution in [3.05, 3.63) is 0 Å². The van der Waals surface area contributed by atoms with Crippen LogP contribution in [-0.2, 0) is 4.79 Å². The summed E-state index contributed by atoms with van der Waals surface area (Å²) in [6.45, 7) is 6.42. The summed E-state index contributed by atoms with van der Waals surface area (Å²) in [5.41, 5.74) is 5.95. The topological polar surface area (TPSA) is 66.6 Å². The molecule has 0 saturated carbocycles. The quantitative estimate of drug-likeness (QED) is 0.744. The first kappa shape index (κ1) is 13.5. The Kier molecular flexibility index (Phi) is 4.74. The summed E-state index contributed by atoms with van der Waals surface area (Å²) in [5.74, 6) is -0.789. The van der Waals surface area contributed by atoms with Crippen molar-refractivity contribution in [2.45, 2.75) is 45.6 Å². The Morgan fingerprint density at radius 1 is 1.38 bits per heavy atom. The number of piperidine rings is 1. The average molecular weight is 228 g/mol. The van der Waals surface area contributed by atoms with Gasteiger partial charge in [0.2, 0.25) is 0 Å². The summed E-state index contributed by atoms with van der Waals surface area (Å²) in [6.07, 6.45) is 4.59. The maximum Gasteiger partial charge on any atom is 0.322 e. The normalized spacial score (nSPS) is 22.9. The predicted molar refractivity (Wildman–Crippen MR) is 64.3 cm³/mol. The van der Waals surface area contributed by atoms with Crippen LogP contribution in [0.3, 0.4) is 0 Å². The summed E-state index contributed by atoms with van der Waals surface area (Å²) in [5, 5.41) is 9.05. The lowest BCUT2D eigenvalue weighted by atomic mass is 9.74. The van der Waals surface area contributed by atoms with E-state index in [9.17, 15) is 4.79 Å². The second kappa shape index (κ2) is 5.64. The van der Waals surface area contributed by atoms with Gasteiger partial charge in [0.15, 0.2) is 0 Å². The fraction of sp³-hybridized carbons (Fsp3) is 0.917. The van der Waals surface area contributed by atoms with Gasteiger partial charge in [0.05, 0.1) is 0 Å². The largest absolute Gasteiger partial charge is 0.480 e. The number of carboxylic acids is 1. The van der Waals surface area contributed by atoms with E-state index in [2.05, 4.69) is 13.8 Å². The molecule has 0 aromatic carbocycles. The fourth-order valence-electron chi connectivity index (χ4n) is 2.67. The first-order valence-electron chi connectivity index (χ1n) is 6.25. The number of nitrogens with zero attached hydrogens (tertiary/aromatic N) is 1. The number of likely N-dealkylation sites (tertiary alicyclic amines) is 1. The maximum atomic E-state index is 11.0. The van der Waals surface area contributed by atoms with Crippen molar-refractivity contribution < 1.29 is 9.90 Å². The molecule has 1 fully saturated rings. The first-order valence-corrected chi connectivity index (χ1v) is 6.25. The maximum absolute atomic E-state index is 11.0. The summed E-state index contributed by atoms with van der Waals surface area (Å²) in [7, 11) is 0. The van der Waals surface area contributed by atoms with E-state index >= 15 is 0 Å². The second-order valence-electron chi connectivity index (χ2n) is 4.83. The molecule has 1 saturated heterocycles. The Balaban J connectivity index is 2.56. The van der Waals surface area contributed by atoms with Crippen molar-refractivity contribution in [2.75, 3.05) is 19.6 Å². The minimum Gasteiger partial charge on any atom is -0.480 e. The third-order valence-corrected chi connectivity index (χ3v) is 4.31. The number of aliphatic carboxylic acids is 1. The molecule has 16 heavy (non-hydrogen) atoms. The molecular weight excluding hydrogens is 204 g/mol. The highest BCUT2D eigenvalue weighted by Crippen LogP contribution is 2.38. The van der Waals surface area contributed by atoms with Crippen molar-refractivity contribution in [1.82, 2.24) is 4.90 Å². The highest BCUT2D eigenvalue weighted by molar-refractivity contribution is 5.73. The number of hydrogen-bond donors (Lipinski definition) is 2. The molecule has 1 atom stereocenters. The van der Waals surface area contributed by atoms with Crippen LogP contribution in [0.2, 0.25) is 0 Å². The van der Waals surface area contributed by atoms with Crippen LogP contribution >= 0.6 is 0 Å². The molecule has 0 radical (unpaired) electrons. The van der Waals surface area contributed by atoms with E-state index < -0.39 is 12.0 Å². The average Bonchev–Trinajstić information content (AvgIpc) is 2.31. The van der Waals surface area contributed by atoms with E-state index in [1.54, 1.807) is 0 Å². The van der Waals surface area contributed by atoms with Crippen molar-refractivity contribution in [3.8, 4) is 0 Å². The van der Waals surface area contributed by atoms with Gasteiger partial charge in [-0.25, -0.2) is 0 Å². The van der Waals surface area contributed by atoms with Gasteiger partial charge >= 0.3 is 5.97 Å². The Morgan fingerprint density at radius 2 is 1.88 bits per heavy atom. The molecule has 1 heterocycles. The van der Waals surface area contributed by atoms with Crippen molar-refractivity contribution in [3.63, 3.8) is 0 Å². The summed E-state index contributed by atoms with van der Waals surface area (Å²) in [6, 6.07) is -0.494. The molecule has 94 valence electrons. The second-order valence-corrected chi connectivity index (χ2v) is 4.83. The summed E-state index contributed by atoms with van der Waals surface area (Å²) < 4.78 is 0. The first-order chi connectivity index (χ1) is 7.58. The monoisotopic (exact) mass is 228 g/mol. The van der Waals surface area contributed by atoms with Gasteiger partial charge in [0.25, 0.3) is 0 Å². The lowest BCUT2D eigenvalue weighted by Crippen LogP contribution is -2.51. The zero-order chi connectivity index (χ0) is 12.2. The molecule has 4 nitrogen and oxygen atoms in total. The van der Waals surface area contributed by atoms with Gasteiger partial charge in [0, 0.05) is 6.54 Å². The van der Waals surface area contributed by atoms with Gasteiger partial charge in [-0.15, -0.1) is 0 Å². The molecule has 0 aromatic rings. The molecule has 1 rings (SSSR count). The smallest absolute Gasteiger partial charge is 0.322 e. The molecule has 4 heteroatoms. The van der Waals surface area contributed by atoms with Gasteiger partial charge in [-0.05, 0) is 31.3 Å². The third-order valence-electron chi connectivity index (χ3n) is 4.31. The SMILES string of the molecule is CCC1(CC)CCN(C(CN)C(=O)O)CC1. The Hall–Kier alpha value is -0.610. The summed E-state index contributed by atoms with van der Waals surface area (Å²) in [4.78, 5) is 13.0. The minimum absolute atomic E-state index is 0.209. The molecule has 0 amide bonds. The van der Waals surface area contributed by atoms with E-state index in [0.29, 0.717) is 5.41 Å². The highest BCUT2D eigenvalue weighted by Gasteiger charge is 2.35. The molecule has 1 unspecified atom stereocenters. The van der Waals surface area contributed by atoms with E-state index in [1.807, 2.05) is 4.90 Å². The predicted octanol–water partition coefficient (Wildman–Crippen LogP) is 1.30. The molecule has 1 aliphatic rings. The number of carboxylic acid groups (broad SMARTS) is 1. The number of nitrogens with two attached hydrogens (primary N) is 1. The molecule has 0 spiro atoms. The van der Waals surface area contributed by atoms with Gasteiger partial charge in [-0.3, -0.25) is 9.69 Å². The minimum atomic E-state index is -0.789. The van der Waals surface area contributed by atoms with Gasteiger partial charge in [0.1, 0.15) is 6.04 Å². The van der Waals surface area contributed by atoms with Crippen LogP contribution in [0.4, 0.5) is 0 Å². The molecule has 3 N–H and O–H groups in total. The van der Waals surface area contributed by atoms with Crippen LogP contribution in [0.1, 0.15) is 39.5 Å². The van der Waals surface area contributed by atoms with Crippen LogP contribution in [0.5, 0.6) is 0 Å². The van der Waals surface area contributed by atoms with Crippen LogP contribution in [0, 0.1) is 5.41 Å². The van der Waals surface area contributed by atoms with Crippen molar-refractivity contribution >= 4 is 5.97 Å². The van der Waals surface area contributed by atoms with Crippen molar-refractivity contribution in [2.24, 2.45) is 11.1 Å². The molecule has 0 aliphatic carbocycles. The molecular formula is C12H24N2O2. The Morgan fingerprint density at radius 3 is 2.19 bits per heavy atom. The van der Waals surface area contributed by atoms with E-state index in [-0.39, 0.29) is 6.54 Å². The highest BCUT2D eigenvalue weighted by atomic mass is 16.4. The number of rotatable bonds is 5. The van der Waals surface area contributed by atoms with E-state index in [1.165, 1.54) is 12.8 Å². The van der Waals surface area contributed by atoms with E-state index in [0.717, 1.165) is 25.9 Å². The zero-order valence-electron chi connectivity index (χ0n) is 10.4. The van der Waals surface area contributed by atoms with Gasteiger partial charge < -0.3 is 10.8 Å². The number of hydrogen-bond acceptors (Lipinski definition) is 3. The van der Waals surface area contributed by atoms with Gasteiger partial charge in [-0.1, -0.05) is 26.7 Å². The Bertz CT molecular complexity index is 229. The lowest BCUT2D eigenvalue weighted by molar-refractivity contribution is -0.144. The number of carbonyl (C=O) groups is 1. The van der Waals surface area contributed by atoms with Crippen LogP contribution in [-0.4, -0.2) is 41.7 Å².